The van der Waals surface area contributed by atoms with Crippen LogP contribution in [0.3, 0.4) is 0 Å². The van der Waals surface area contributed by atoms with Crippen molar-refractivity contribution in [2.45, 2.75) is 24.9 Å². The van der Waals surface area contributed by atoms with E-state index in [-0.39, 0.29) is 17.1 Å². The zero-order chi connectivity index (χ0) is 24.0. The molecule has 4 rings (SSSR count). The fourth-order valence-electron chi connectivity index (χ4n) is 3.76. The molecule has 1 saturated heterocycles. The van der Waals surface area contributed by atoms with E-state index in [9.17, 15) is 32.3 Å². The van der Waals surface area contributed by atoms with Gasteiger partial charge in [-0.25, -0.2) is 9.18 Å². The van der Waals surface area contributed by atoms with Gasteiger partial charge in [-0.15, -0.1) is 0 Å². The van der Waals surface area contributed by atoms with Crippen LogP contribution in [0.4, 0.5) is 22.4 Å². The standard InChI is InChI=1S/C23H18F4N2O4/c1-12-2-4-14(5-3-12)20(30)18-19(28-21(31)29-22(18,32)23(25,26)27)17-11-10-16(33-17)13-6-8-15(24)9-7-13/h2-11,18-19,32H,1H3,(H2,28,29,31)/t18-,19-,22+/m1/s1. The summed E-state index contributed by atoms with van der Waals surface area (Å²) in [7, 11) is 0. The number of urea groups is 1. The van der Waals surface area contributed by atoms with Crippen molar-refractivity contribution in [3.63, 3.8) is 0 Å². The summed E-state index contributed by atoms with van der Waals surface area (Å²) in [5.41, 5.74) is -2.73. The number of hydrogen-bond acceptors (Lipinski definition) is 4. The van der Waals surface area contributed by atoms with Gasteiger partial charge in [-0.3, -0.25) is 4.79 Å². The number of alkyl halides is 3. The highest BCUT2D eigenvalue weighted by atomic mass is 19.4. The van der Waals surface area contributed by atoms with Crippen LogP contribution in [0.25, 0.3) is 11.3 Å². The predicted molar refractivity (Wildman–Crippen MR) is 109 cm³/mol. The molecule has 0 unspecified atom stereocenters. The lowest BCUT2D eigenvalue weighted by Gasteiger charge is -2.44. The van der Waals surface area contributed by atoms with Crippen molar-refractivity contribution in [2.75, 3.05) is 0 Å². The Morgan fingerprint density at radius 2 is 1.67 bits per heavy atom. The molecule has 0 saturated carbocycles. The number of amides is 2. The molecule has 172 valence electrons. The van der Waals surface area contributed by atoms with E-state index in [1.807, 2.05) is 0 Å². The van der Waals surface area contributed by atoms with Crippen LogP contribution < -0.4 is 10.6 Å². The van der Waals surface area contributed by atoms with Crippen molar-refractivity contribution < 1.29 is 36.7 Å². The number of halogens is 4. The number of carbonyl (C=O) groups excluding carboxylic acids is 2. The van der Waals surface area contributed by atoms with Crippen LogP contribution in [-0.4, -0.2) is 28.8 Å². The number of benzene rings is 2. The van der Waals surface area contributed by atoms with Crippen LogP contribution in [0.1, 0.15) is 27.7 Å². The first kappa shape index (κ1) is 22.5. The minimum atomic E-state index is -5.37. The van der Waals surface area contributed by atoms with Crippen molar-refractivity contribution in [2.24, 2.45) is 5.92 Å². The molecule has 33 heavy (non-hydrogen) atoms. The van der Waals surface area contributed by atoms with Gasteiger partial charge in [-0.05, 0) is 43.3 Å². The van der Waals surface area contributed by atoms with Gasteiger partial charge in [0, 0.05) is 11.1 Å². The van der Waals surface area contributed by atoms with E-state index in [2.05, 4.69) is 5.32 Å². The van der Waals surface area contributed by atoms with Gasteiger partial charge in [0.2, 0.25) is 5.72 Å². The Morgan fingerprint density at radius 1 is 1.03 bits per heavy atom. The monoisotopic (exact) mass is 462 g/mol. The Morgan fingerprint density at radius 3 is 2.27 bits per heavy atom. The van der Waals surface area contributed by atoms with E-state index in [0.717, 1.165) is 5.56 Å². The maximum atomic E-state index is 14.0. The number of aryl methyl sites for hydroxylation is 1. The van der Waals surface area contributed by atoms with Crippen molar-refractivity contribution in [3.05, 3.63) is 83.4 Å². The Kier molecular flexibility index (Phi) is 5.49. The van der Waals surface area contributed by atoms with E-state index in [1.165, 1.54) is 53.8 Å². The second-order valence-corrected chi connectivity index (χ2v) is 7.76. The molecular weight excluding hydrogens is 444 g/mol. The normalized spacial score (nSPS) is 23.0. The summed E-state index contributed by atoms with van der Waals surface area (Å²) in [5, 5.41) is 14.3. The zero-order valence-corrected chi connectivity index (χ0v) is 17.1. The SMILES string of the molecule is Cc1ccc(C(=O)[C@H]2[C@@H](c3ccc(-c4ccc(F)cc4)o3)NC(=O)N[C@@]2(O)C(F)(F)F)cc1. The van der Waals surface area contributed by atoms with Gasteiger partial charge in [0.15, 0.2) is 5.78 Å². The highest BCUT2D eigenvalue weighted by Crippen LogP contribution is 2.44. The molecule has 0 radical (unpaired) electrons. The van der Waals surface area contributed by atoms with Crippen LogP contribution in [0, 0.1) is 18.7 Å². The second-order valence-electron chi connectivity index (χ2n) is 7.76. The Bertz CT molecular complexity index is 1190. The third kappa shape index (κ3) is 4.09. The van der Waals surface area contributed by atoms with E-state index in [1.54, 1.807) is 19.1 Å². The molecule has 1 aromatic heterocycles. The second kappa shape index (κ2) is 8.04. The first-order chi connectivity index (χ1) is 15.5. The maximum Gasteiger partial charge on any atom is 0.437 e. The molecule has 1 aliphatic heterocycles. The van der Waals surface area contributed by atoms with Crippen molar-refractivity contribution in [1.29, 1.82) is 0 Å². The number of carbonyl (C=O) groups is 2. The van der Waals surface area contributed by atoms with Gasteiger partial charge < -0.3 is 20.2 Å². The van der Waals surface area contributed by atoms with Crippen molar-refractivity contribution in [1.82, 2.24) is 10.6 Å². The summed E-state index contributed by atoms with van der Waals surface area (Å²) in [6.45, 7) is 1.74. The first-order valence-corrected chi connectivity index (χ1v) is 9.84. The number of nitrogens with one attached hydrogen (secondary N) is 2. The molecular formula is C23H18F4N2O4. The third-order valence-electron chi connectivity index (χ3n) is 5.49. The van der Waals surface area contributed by atoms with Gasteiger partial charge in [0.05, 0.1) is 0 Å². The number of ketones is 1. The molecule has 3 N–H and O–H groups in total. The highest BCUT2D eigenvalue weighted by Gasteiger charge is 2.66. The Hall–Kier alpha value is -3.66. The van der Waals surface area contributed by atoms with E-state index >= 15 is 0 Å². The summed E-state index contributed by atoms with van der Waals surface area (Å²) in [6, 6.07) is 10.7. The van der Waals surface area contributed by atoms with Gasteiger partial charge in [0.1, 0.15) is 29.3 Å². The van der Waals surface area contributed by atoms with Gasteiger partial charge >= 0.3 is 12.2 Å². The molecule has 2 amide bonds. The minimum Gasteiger partial charge on any atom is -0.459 e. The molecule has 2 heterocycles. The maximum absolute atomic E-state index is 14.0. The van der Waals surface area contributed by atoms with Crippen LogP contribution in [-0.2, 0) is 0 Å². The molecule has 3 aromatic rings. The lowest BCUT2D eigenvalue weighted by molar-refractivity contribution is -0.288. The van der Waals surface area contributed by atoms with Gasteiger partial charge in [-0.2, -0.15) is 13.2 Å². The number of rotatable bonds is 4. The summed E-state index contributed by atoms with van der Waals surface area (Å²) >= 11 is 0. The Balaban J connectivity index is 1.80. The average molecular weight is 462 g/mol. The molecule has 6 nitrogen and oxygen atoms in total. The first-order valence-electron chi connectivity index (χ1n) is 9.84. The molecule has 10 heteroatoms. The largest absolute Gasteiger partial charge is 0.459 e. The molecule has 0 spiro atoms. The quantitative estimate of drug-likeness (QED) is 0.393. The zero-order valence-electron chi connectivity index (χ0n) is 17.1. The molecule has 1 aliphatic rings. The Labute approximate surface area is 185 Å². The smallest absolute Gasteiger partial charge is 0.437 e. The van der Waals surface area contributed by atoms with Crippen LogP contribution in [0.15, 0.2) is 65.1 Å². The van der Waals surface area contributed by atoms with Crippen molar-refractivity contribution in [3.8, 4) is 11.3 Å². The number of hydrogen-bond donors (Lipinski definition) is 3. The fraction of sp³-hybridized carbons (Fsp3) is 0.217. The molecule has 0 bridgehead atoms. The summed E-state index contributed by atoms with van der Waals surface area (Å²) < 4.78 is 60.8. The van der Waals surface area contributed by atoms with Crippen LogP contribution in [0.5, 0.6) is 0 Å². The molecule has 3 atom stereocenters. The molecule has 0 aliphatic carbocycles. The lowest BCUT2D eigenvalue weighted by Crippen LogP contribution is -2.72. The average Bonchev–Trinajstić information content (AvgIpc) is 3.23. The van der Waals surface area contributed by atoms with Gasteiger partial charge in [0.25, 0.3) is 0 Å². The topological polar surface area (TPSA) is 91.6 Å². The summed E-state index contributed by atoms with van der Waals surface area (Å²) in [5.74, 6) is -3.75. The van der Waals surface area contributed by atoms with E-state index in [0.29, 0.717) is 5.56 Å². The third-order valence-corrected chi connectivity index (χ3v) is 5.49. The highest BCUT2D eigenvalue weighted by molar-refractivity contribution is 6.00. The minimum absolute atomic E-state index is 0.0819. The van der Waals surface area contributed by atoms with Crippen LogP contribution >= 0.6 is 0 Å². The number of furan rings is 1. The number of Topliss-reactive ketones (excluding diaryl/α,β-unsaturated/α-hetero) is 1. The fourth-order valence-corrected chi connectivity index (χ4v) is 3.76. The van der Waals surface area contributed by atoms with E-state index in [4.69, 9.17) is 4.42 Å². The molecule has 2 aromatic carbocycles. The summed E-state index contributed by atoms with van der Waals surface area (Å²) in [4.78, 5) is 25.3. The predicted octanol–water partition coefficient (Wildman–Crippen LogP) is 4.50. The molecule has 1 fully saturated rings. The van der Waals surface area contributed by atoms with Gasteiger partial charge in [-0.1, -0.05) is 29.8 Å². The lowest BCUT2D eigenvalue weighted by atomic mass is 9.79. The van der Waals surface area contributed by atoms with E-state index < -0.39 is 41.5 Å². The number of aliphatic hydroxyl groups is 1. The van der Waals surface area contributed by atoms with Crippen LogP contribution in [0.2, 0.25) is 0 Å². The summed E-state index contributed by atoms with van der Waals surface area (Å²) in [6.07, 6.45) is -5.37. The van der Waals surface area contributed by atoms with Crippen molar-refractivity contribution >= 4 is 11.8 Å².